The molecule has 2 aliphatic rings. The third-order valence-electron chi connectivity index (χ3n) is 5.50. The first-order valence-corrected chi connectivity index (χ1v) is 8.99. The maximum absolute atomic E-state index is 12.6. The van der Waals surface area contributed by atoms with Crippen LogP contribution in [-0.4, -0.2) is 35.0 Å². The van der Waals surface area contributed by atoms with Gasteiger partial charge in [0.05, 0.1) is 5.92 Å². The van der Waals surface area contributed by atoms with Crippen LogP contribution in [0.15, 0.2) is 0 Å². The van der Waals surface area contributed by atoms with Gasteiger partial charge in [-0.2, -0.15) is 0 Å². The first kappa shape index (κ1) is 17.3. The molecule has 2 fully saturated rings. The van der Waals surface area contributed by atoms with Crippen LogP contribution in [0.4, 0.5) is 0 Å². The van der Waals surface area contributed by atoms with E-state index >= 15 is 0 Å². The van der Waals surface area contributed by atoms with Crippen LogP contribution in [0.1, 0.15) is 65.2 Å². The van der Waals surface area contributed by atoms with Gasteiger partial charge >= 0.3 is 5.97 Å². The van der Waals surface area contributed by atoms with Gasteiger partial charge in [-0.15, -0.1) is 0 Å². The monoisotopic (exact) mass is 309 g/mol. The number of carboxylic acids is 1. The van der Waals surface area contributed by atoms with Crippen molar-refractivity contribution in [1.82, 2.24) is 4.90 Å². The highest BCUT2D eigenvalue weighted by Gasteiger charge is 2.33. The van der Waals surface area contributed by atoms with Gasteiger partial charge < -0.3 is 10.0 Å². The highest BCUT2D eigenvalue weighted by atomic mass is 16.4. The Morgan fingerprint density at radius 2 is 1.55 bits per heavy atom. The Labute approximate surface area is 134 Å². The lowest BCUT2D eigenvalue weighted by Gasteiger charge is -2.36. The van der Waals surface area contributed by atoms with Crippen molar-refractivity contribution in [3.8, 4) is 0 Å². The van der Waals surface area contributed by atoms with Crippen LogP contribution < -0.4 is 0 Å². The smallest absolute Gasteiger partial charge is 0.306 e. The maximum Gasteiger partial charge on any atom is 0.306 e. The molecule has 126 valence electrons. The topological polar surface area (TPSA) is 57.6 Å². The molecule has 1 amide bonds. The minimum absolute atomic E-state index is 0.0721. The molecule has 0 aromatic carbocycles. The number of amides is 1. The molecule has 4 heteroatoms. The Hall–Kier alpha value is -1.06. The molecular formula is C18H31NO3. The van der Waals surface area contributed by atoms with Crippen LogP contribution in [-0.2, 0) is 9.59 Å². The summed E-state index contributed by atoms with van der Waals surface area (Å²) in [6, 6.07) is 0. The summed E-state index contributed by atoms with van der Waals surface area (Å²) in [6.07, 6.45) is 7.70. The Morgan fingerprint density at radius 1 is 1.00 bits per heavy atom. The molecule has 0 bridgehead atoms. The molecular weight excluding hydrogens is 278 g/mol. The standard InChI is InChI=1S/C18H31NO3/c1-13(2)3-4-14-9-11-19(12-10-14)17(20)15-5-7-16(8-6-15)18(21)22/h13-16H,3-12H2,1-2H3,(H,21,22). The lowest BCUT2D eigenvalue weighted by molar-refractivity contribution is -0.146. The van der Waals surface area contributed by atoms with Crippen LogP contribution >= 0.6 is 0 Å². The molecule has 0 radical (unpaired) electrons. The quantitative estimate of drug-likeness (QED) is 0.845. The summed E-state index contributed by atoms with van der Waals surface area (Å²) in [5.41, 5.74) is 0. The molecule has 1 aliphatic carbocycles. The Balaban J connectivity index is 1.72. The number of likely N-dealkylation sites (tertiary alicyclic amines) is 1. The predicted molar refractivity (Wildman–Crippen MR) is 86.5 cm³/mol. The summed E-state index contributed by atoms with van der Waals surface area (Å²) in [5, 5.41) is 9.04. The number of aliphatic carboxylic acids is 1. The van der Waals surface area contributed by atoms with E-state index in [0.717, 1.165) is 50.6 Å². The average molecular weight is 309 g/mol. The Bertz CT molecular complexity index is 378. The Morgan fingerprint density at radius 3 is 2.05 bits per heavy atom. The van der Waals surface area contributed by atoms with Crippen molar-refractivity contribution in [3.05, 3.63) is 0 Å². The molecule has 1 heterocycles. The molecule has 0 aromatic heterocycles. The average Bonchev–Trinajstić information content (AvgIpc) is 2.53. The van der Waals surface area contributed by atoms with Crippen molar-refractivity contribution in [2.45, 2.75) is 65.2 Å². The van der Waals surface area contributed by atoms with E-state index in [4.69, 9.17) is 5.11 Å². The van der Waals surface area contributed by atoms with Crippen molar-refractivity contribution < 1.29 is 14.7 Å². The number of nitrogens with zero attached hydrogens (tertiary/aromatic N) is 1. The molecule has 0 unspecified atom stereocenters. The van der Waals surface area contributed by atoms with Crippen LogP contribution in [0, 0.1) is 23.7 Å². The van der Waals surface area contributed by atoms with Crippen molar-refractivity contribution in [3.63, 3.8) is 0 Å². The van der Waals surface area contributed by atoms with Crippen molar-refractivity contribution in [2.75, 3.05) is 13.1 Å². The van der Waals surface area contributed by atoms with E-state index < -0.39 is 5.97 Å². The fourth-order valence-electron chi connectivity index (χ4n) is 3.86. The zero-order chi connectivity index (χ0) is 16.1. The molecule has 0 aromatic rings. The Kier molecular flexibility index (Phi) is 6.27. The van der Waals surface area contributed by atoms with E-state index in [1.807, 2.05) is 4.90 Å². The van der Waals surface area contributed by atoms with Gasteiger partial charge in [0.15, 0.2) is 0 Å². The molecule has 1 N–H and O–H groups in total. The zero-order valence-corrected chi connectivity index (χ0v) is 14.1. The first-order chi connectivity index (χ1) is 10.5. The molecule has 1 saturated carbocycles. The number of hydrogen-bond acceptors (Lipinski definition) is 2. The number of rotatable bonds is 5. The molecule has 1 aliphatic heterocycles. The number of carbonyl (C=O) groups excluding carboxylic acids is 1. The molecule has 1 saturated heterocycles. The summed E-state index contributed by atoms with van der Waals surface area (Å²) >= 11 is 0. The summed E-state index contributed by atoms with van der Waals surface area (Å²) in [4.78, 5) is 25.6. The maximum atomic E-state index is 12.6. The number of carboxylic acid groups (broad SMARTS) is 1. The second-order valence-electron chi connectivity index (χ2n) is 7.63. The van der Waals surface area contributed by atoms with Gasteiger partial charge in [0.1, 0.15) is 0 Å². The molecule has 4 nitrogen and oxygen atoms in total. The van der Waals surface area contributed by atoms with E-state index in [0.29, 0.717) is 12.8 Å². The van der Waals surface area contributed by atoms with Gasteiger partial charge in [0.2, 0.25) is 5.91 Å². The van der Waals surface area contributed by atoms with Crippen molar-refractivity contribution >= 4 is 11.9 Å². The van der Waals surface area contributed by atoms with Gasteiger partial charge in [-0.3, -0.25) is 9.59 Å². The van der Waals surface area contributed by atoms with E-state index in [2.05, 4.69) is 13.8 Å². The van der Waals surface area contributed by atoms with Gasteiger partial charge in [-0.05, 0) is 50.4 Å². The summed E-state index contributed by atoms with van der Waals surface area (Å²) in [7, 11) is 0. The number of hydrogen-bond donors (Lipinski definition) is 1. The normalized spacial score (nSPS) is 27.1. The lowest BCUT2D eigenvalue weighted by atomic mass is 9.81. The minimum Gasteiger partial charge on any atom is -0.481 e. The molecule has 0 spiro atoms. The summed E-state index contributed by atoms with van der Waals surface area (Å²) < 4.78 is 0. The molecule has 0 atom stereocenters. The first-order valence-electron chi connectivity index (χ1n) is 8.99. The van der Waals surface area contributed by atoms with Gasteiger partial charge in [0.25, 0.3) is 0 Å². The van der Waals surface area contributed by atoms with Gasteiger partial charge in [-0.25, -0.2) is 0 Å². The second-order valence-corrected chi connectivity index (χ2v) is 7.63. The number of carbonyl (C=O) groups is 2. The van der Waals surface area contributed by atoms with Crippen molar-refractivity contribution in [2.24, 2.45) is 23.7 Å². The fourth-order valence-corrected chi connectivity index (χ4v) is 3.86. The van der Waals surface area contributed by atoms with Gasteiger partial charge in [-0.1, -0.05) is 26.7 Å². The van der Waals surface area contributed by atoms with Crippen LogP contribution in [0.2, 0.25) is 0 Å². The summed E-state index contributed by atoms with van der Waals surface area (Å²) in [5.74, 6) is 0.981. The van der Waals surface area contributed by atoms with E-state index in [-0.39, 0.29) is 17.7 Å². The molecule has 2 rings (SSSR count). The predicted octanol–water partition coefficient (Wildman–Crippen LogP) is 3.55. The third-order valence-corrected chi connectivity index (χ3v) is 5.50. The van der Waals surface area contributed by atoms with E-state index in [1.165, 1.54) is 12.8 Å². The van der Waals surface area contributed by atoms with Crippen LogP contribution in [0.25, 0.3) is 0 Å². The van der Waals surface area contributed by atoms with Crippen molar-refractivity contribution in [1.29, 1.82) is 0 Å². The van der Waals surface area contributed by atoms with Crippen LogP contribution in [0.5, 0.6) is 0 Å². The van der Waals surface area contributed by atoms with E-state index in [9.17, 15) is 9.59 Å². The highest BCUT2D eigenvalue weighted by molar-refractivity contribution is 5.79. The second kappa shape index (κ2) is 7.98. The largest absolute Gasteiger partial charge is 0.481 e. The molecule has 22 heavy (non-hydrogen) atoms. The van der Waals surface area contributed by atoms with Gasteiger partial charge in [0, 0.05) is 19.0 Å². The van der Waals surface area contributed by atoms with E-state index in [1.54, 1.807) is 0 Å². The third kappa shape index (κ3) is 4.72. The lowest BCUT2D eigenvalue weighted by Crippen LogP contribution is -2.43. The zero-order valence-electron chi connectivity index (χ0n) is 14.1. The minimum atomic E-state index is -0.697. The summed E-state index contributed by atoms with van der Waals surface area (Å²) in [6.45, 7) is 6.35. The van der Waals surface area contributed by atoms with Crippen LogP contribution in [0.3, 0.4) is 0 Å². The SMILES string of the molecule is CC(C)CCC1CCN(C(=O)C2CCC(C(=O)O)CC2)CC1. The number of piperidine rings is 1. The highest BCUT2D eigenvalue weighted by Crippen LogP contribution is 2.32. The fraction of sp³-hybridized carbons (Fsp3) is 0.889.